The molecule has 0 radical (unpaired) electrons. The maximum atomic E-state index is 5.81. The molecule has 0 spiro atoms. The van der Waals surface area contributed by atoms with E-state index in [0.717, 1.165) is 40.8 Å². The van der Waals surface area contributed by atoms with Gasteiger partial charge in [0.05, 0.1) is 0 Å². The molecule has 1 aliphatic rings. The molecule has 0 bridgehead atoms. The van der Waals surface area contributed by atoms with Crippen LogP contribution in [0.2, 0.25) is 0 Å². The summed E-state index contributed by atoms with van der Waals surface area (Å²) in [5, 5.41) is 0. The molecule has 0 atom stereocenters. The zero-order chi connectivity index (χ0) is 13.1. The monoisotopic (exact) mass is 311 g/mol. The molecule has 100 valence electrons. The number of hydrogen-bond donors (Lipinski definition) is 1. The number of pyridine rings is 1. The van der Waals surface area contributed by atoms with Gasteiger partial charge in [-0.25, -0.2) is 4.98 Å². The molecule has 0 amide bonds. The predicted octanol–water partition coefficient (Wildman–Crippen LogP) is 3.18. The maximum absolute atomic E-state index is 5.81. The Morgan fingerprint density at radius 2 is 2.11 bits per heavy atom. The molecule has 1 saturated heterocycles. The molecule has 2 rings (SSSR count). The van der Waals surface area contributed by atoms with Crippen LogP contribution in [-0.4, -0.2) is 18.1 Å². The third-order valence-electron chi connectivity index (χ3n) is 3.91. The summed E-state index contributed by atoms with van der Waals surface area (Å²) in [6.45, 7) is 7.40. The van der Waals surface area contributed by atoms with Gasteiger partial charge in [-0.05, 0) is 46.7 Å². The highest BCUT2D eigenvalue weighted by Crippen LogP contribution is 2.29. The highest BCUT2D eigenvalue weighted by atomic mass is 79.9. The molecule has 2 N–H and O–H groups in total. The van der Waals surface area contributed by atoms with Gasteiger partial charge in [-0.2, -0.15) is 0 Å². The van der Waals surface area contributed by atoms with Crippen molar-refractivity contribution in [2.75, 3.05) is 18.0 Å². The van der Waals surface area contributed by atoms with Crippen molar-refractivity contribution in [1.29, 1.82) is 0 Å². The summed E-state index contributed by atoms with van der Waals surface area (Å²) in [7, 11) is 0. The van der Waals surface area contributed by atoms with E-state index in [2.05, 4.69) is 45.7 Å². The summed E-state index contributed by atoms with van der Waals surface area (Å²) in [6.07, 6.45) is 4.39. The van der Waals surface area contributed by atoms with Crippen molar-refractivity contribution in [3.8, 4) is 0 Å². The van der Waals surface area contributed by atoms with E-state index in [1.165, 1.54) is 12.8 Å². The SMILES string of the molecule is CC(C)C1CCN(c2ncc(Br)cc2CN)CC1. The summed E-state index contributed by atoms with van der Waals surface area (Å²) in [4.78, 5) is 6.92. The van der Waals surface area contributed by atoms with E-state index in [-0.39, 0.29) is 0 Å². The van der Waals surface area contributed by atoms with Crippen molar-refractivity contribution in [3.63, 3.8) is 0 Å². The van der Waals surface area contributed by atoms with Crippen LogP contribution in [0.15, 0.2) is 16.7 Å². The summed E-state index contributed by atoms with van der Waals surface area (Å²) in [5.41, 5.74) is 6.95. The Morgan fingerprint density at radius 3 is 2.67 bits per heavy atom. The molecule has 1 aromatic heterocycles. The van der Waals surface area contributed by atoms with Crippen LogP contribution in [0.25, 0.3) is 0 Å². The lowest BCUT2D eigenvalue weighted by molar-refractivity contribution is 0.310. The minimum atomic E-state index is 0.548. The third kappa shape index (κ3) is 3.04. The number of anilines is 1. The van der Waals surface area contributed by atoms with E-state index in [1.54, 1.807) is 0 Å². The first-order chi connectivity index (χ1) is 8.61. The highest BCUT2D eigenvalue weighted by molar-refractivity contribution is 9.10. The van der Waals surface area contributed by atoms with E-state index in [4.69, 9.17) is 5.73 Å². The van der Waals surface area contributed by atoms with Crippen molar-refractivity contribution >= 4 is 21.7 Å². The van der Waals surface area contributed by atoms with Crippen LogP contribution < -0.4 is 10.6 Å². The molecule has 3 nitrogen and oxygen atoms in total. The molecule has 4 heteroatoms. The Balaban J connectivity index is 2.09. The van der Waals surface area contributed by atoms with Crippen molar-refractivity contribution in [2.45, 2.75) is 33.2 Å². The van der Waals surface area contributed by atoms with Gasteiger partial charge in [0.1, 0.15) is 5.82 Å². The van der Waals surface area contributed by atoms with Crippen LogP contribution in [0, 0.1) is 11.8 Å². The molecule has 0 saturated carbocycles. The van der Waals surface area contributed by atoms with Crippen LogP contribution in [0.1, 0.15) is 32.3 Å². The Hall–Kier alpha value is -0.610. The van der Waals surface area contributed by atoms with E-state index in [9.17, 15) is 0 Å². The Bertz CT molecular complexity index is 398. The van der Waals surface area contributed by atoms with Crippen molar-refractivity contribution in [2.24, 2.45) is 17.6 Å². The van der Waals surface area contributed by atoms with Crippen LogP contribution in [0.4, 0.5) is 5.82 Å². The number of aromatic nitrogens is 1. The van der Waals surface area contributed by atoms with E-state index in [1.807, 2.05) is 6.20 Å². The van der Waals surface area contributed by atoms with E-state index < -0.39 is 0 Å². The smallest absolute Gasteiger partial charge is 0.133 e. The number of nitrogens with zero attached hydrogens (tertiary/aromatic N) is 2. The van der Waals surface area contributed by atoms with Gasteiger partial charge in [0, 0.05) is 35.9 Å². The van der Waals surface area contributed by atoms with Gasteiger partial charge in [-0.15, -0.1) is 0 Å². The lowest BCUT2D eigenvalue weighted by Gasteiger charge is -2.35. The van der Waals surface area contributed by atoms with Crippen molar-refractivity contribution in [1.82, 2.24) is 4.98 Å². The second-order valence-electron chi connectivity index (χ2n) is 5.41. The van der Waals surface area contributed by atoms with E-state index in [0.29, 0.717) is 6.54 Å². The van der Waals surface area contributed by atoms with Crippen LogP contribution in [0.3, 0.4) is 0 Å². The first-order valence-corrected chi connectivity index (χ1v) is 7.50. The second kappa shape index (κ2) is 6.02. The third-order valence-corrected chi connectivity index (χ3v) is 4.35. The largest absolute Gasteiger partial charge is 0.356 e. The van der Waals surface area contributed by atoms with Gasteiger partial charge in [0.2, 0.25) is 0 Å². The molecule has 18 heavy (non-hydrogen) atoms. The first kappa shape index (κ1) is 13.8. The molecule has 0 unspecified atom stereocenters. The first-order valence-electron chi connectivity index (χ1n) is 6.71. The maximum Gasteiger partial charge on any atom is 0.133 e. The van der Waals surface area contributed by atoms with Crippen molar-refractivity contribution in [3.05, 3.63) is 22.3 Å². The number of hydrogen-bond acceptors (Lipinski definition) is 3. The highest BCUT2D eigenvalue weighted by Gasteiger charge is 2.23. The fourth-order valence-corrected chi connectivity index (χ4v) is 3.07. The molecule has 2 heterocycles. The van der Waals surface area contributed by atoms with Gasteiger partial charge in [-0.1, -0.05) is 13.8 Å². The Morgan fingerprint density at radius 1 is 1.44 bits per heavy atom. The number of rotatable bonds is 3. The fourth-order valence-electron chi connectivity index (χ4n) is 2.69. The molecular weight excluding hydrogens is 290 g/mol. The minimum Gasteiger partial charge on any atom is -0.356 e. The molecular formula is C14H22BrN3. The average molecular weight is 312 g/mol. The Kier molecular flexibility index (Phi) is 4.62. The quantitative estimate of drug-likeness (QED) is 0.932. The molecule has 0 aromatic carbocycles. The summed E-state index contributed by atoms with van der Waals surface area (Å²) >= 11 is 3.45. The number of halogens is 1. The predicted molar refractivity (Wildman–Crippen MR) is 79.6 cm³/mol. The summed E-state index contributed by atoms with van der Waals surface area (Å²) < 4.78 is 1.00. The Labute approximate surface area is 118 Å². The van der Waals surface area contributed by atoms with Gasteiger partial charge in [-0.3, -0.25) is 0 Å². The van der Waals surface area contributed by atoms with Crippen molar-refractivity contribution < 1.29 is 0 Å². The van der Waals surface area contributed by atoms with Gasteiger partial charge < -0.3 is 10.6 Å². The molecule has 0 aliphatic carbocycles. The van der Waals surface area contributed by atoms with Crippen LogP contribution >= 0.6 is 15.9 Å². The lowest BCUT2D eigenvalue weighted by atomic mass is 9.86. The summed E-state index contributed by atoms with van der Waals surface area (Å²) in [6, 6.07) is 2.08. The second-order valence-corrected chi connectivity index (χ2v) is 6.32. The zero-order valence-corrected chi connectivity index (χ0v) is 12.8. The van der Waals surface area contributed by atoms with Gasteiger partial charge in [0.25, 0.3) is 0 Å². The fraction of sp³-hybridized carbons (Fsp3) is 0.643. The average Bonchev–Trinajstić information content (AvgIpc) is 2.38. The van der Waals surface area contributed by atoms with Crippen LogP contribution in [0.5, 0.6) is 0 Å². The topological polar surface area (TPSA) is 42.2 Å². The van der Waals surface area contributed by atoms with Gasteiger partial charge in [0.15, 0.2) is 0 Å². The molecule has 1 aliphatic heterocycles. The summed E-state index contributed by atoms with van der Waals surface area (Å²) in [5.74, 6) is 2.72. The van der Waals surface area contributed by atoms with Crippen LogP contribution in [-0.2, 0) is 6.54 Å². The molecule has 1 aromatic rings. The lowest BCUT2D eigenvalue weighted by Crippen LogP contribution is -2.36. The zero-order valence-electron chi connectivity index (χ0n) is 11.2. The molecule has 1 fully saturated rings. The number of nitrogens with two attached hydrogens (primary N) is 1. The van der Waals surface area contributed by atoms with E-state index >= 15 is 0 Å². The number of piperidine rings is 1. The van der Waals surface area contributed by atoms with Gasteiger partial charge >= 0.3 is 0 Å². The minimum absolute atomic E-state index is 0.548. The standard InChI is InChI=1S/C14H22BrN3/c1-10(2)11-3-5-18(6-4-11)14-12(8-16)7-13(15)9-17-14/h7,9-11H,3-6,8,16H2,1-2H3. The normalized spacial score (nSPS) is 17.5.